The van der Waals surface area contributed by atoms with Crippen LogP contribution in [0.1, 0.15) is 42.3 Å². The third-order valence-electron chi connectivity index (χ3n) is 3.00. The molecule has 0 radical (unpaired) electrons. The molecule has 4 heteroatoms. The number of nitrogens with zero attached hydrogens (tertiary/aromatic N) is 2. The Labute approximate surface area is 115 Å². The van der Waals surface area contributed by atoms with Crippen molar-refractivity contribution >= 4 is 11.3 Å². The highest BCUT2D eigenvalue weighted by molar-refractivity contribution is 7.11. The molecule has 0 bridgehead atoms. The summed E-state index contributed by atoms with van der Waals surface area (Å²) in [5, 5.41) is 4.86. The molecule has 1 aromatic rings. The van der Waals surface area contributed by atoms with Gasteiger partial charge in [0.05, 0.1) is 5.69 Å². The lowest BCUT2D eigenvalue weighted by Gasteiger charge is -2.05. The van der Waals surface area contributed by atoms with Gasteiger partial charge in [0.25, 0.3) is 0 Å². The van der Waals surface area contributed by atoms with Crippen molar-refractivity contribution in [2.45, 2.75) is 52.2 Å². The molecule has 0 amide bonds. The van der Waals surface area contributed by atoms with Gasteiger partial charge in [-0.1, -0.05) is 13.8 Å². The van der Waals surface area contributed by atoms with Gasteiger partial charge in [-0.3, -0.25) is 0 Å². The number of rotatable bonds is 7. The van der Waals surface area contributed by atoms with Crippen molar-refractivity contribution in [3.63, 3.8) is 0 Å². The Balaban J connectivity index is 2.03. The van der Waals surface area contributed by atoms with Crippen LogP contribution in [-0.2, 0) is 19.5 Å². The predicted octanol–water partition coefficient (Wildman–Crippen LogP) is 2.66. The van der Waals surface area contributed by atoms with Gasteiger partial charge < -0.3 is 10.2 Å². The summed E-state index contributed by atoms with van der Waals surface area (Å²) in [7, 11) is 4.21. The van der Waals surface area contributed by atoms with Crippen molar-refractivity contribution in [3.8, 4) is 0 Å². The molecule has 1 saturated carbocycles. The third kappa shape index (κ3) is 4.34. The van der Waals surface area contributed by atoms with Gasteiger partial charge >= 0.3 is 0 Å². The van der Waals surface area contributed by atoms with E-state index in [9.17, 15) is 0 Å². The van der Waals surface area contributed by atoms with Crippen LogP contribution < -0.4 is 5.32 Å². The molecule has 102 valence electrons. The van der Waals surface area contributed by atoms with Crippen LogP contribution in [0.25, 0.3) is 0 Å². The first kappa shape index (κ1) is 14.0. The maximum Gasteiger partial charge on any atom is 0.107 e. The average molecular weight is 267 g/mol. The first-order valence-corrected chi connectivity index (χ1v) is 7.71. The molecule has 0 unspecified atom stereocenters. The van der Waals surface area contributed by atoms with E-state index < -0.39 is 0 Å². The first-order valence-electron chi connectivity index (χ1n) is 6.90. The maximum absolute atomic E-state index is 4.83. The number of aromatic nitrogens is 1. The van der Waals surface area contributed by atoms with E-state index in [1.807, 2.05) is 11.3 Å². The molecule has 1 aliphatic rings. The van der Waals surface area contributed by atoms with Crippen molar-refractivity contribution in [2.75, 3.05) is 14.1 Å². The van der Waals surface area contributed by atoms with E-state index in [0.29, 0.717) is 5.92 Å². The molecule has 0 atom stereocenters. The van der Waals surface area contributed by atoms with Gasteiger partial charge in [0.2, 0.25) is 0 Å². The summed E-state index contributed by atoms with van der Waals surface area (Å²) < 4.78 is 0. The van der Waals surface area contributed by atoms with Gasteiger partial charge in [-0.25, -0.2) is 4.98 Å². The molecule has 2 rings (SSSR count). The zero-order valence-corrected chi connectivity index (χ0v) is 12.8. The lowest BCUT2D eigenvalue weighted by atomic mass is 10.1. The smallest absolute Gasteiger partial charge is 0.107 e. The molecule has 1 fully saturated rings. The minimum Gasteiger partial charge on any atom is -0.309 e. The van der Waals surface area contributed by atoms with Crippen molar-refractivity contribution in [1.82, 2.24) is 15.2 Å². The van der Waals surface area contributed by atoms with Gasteiger partial charge in [-0.05, 0) is 39.3 Å². The van der Waals surface area contributed by atoms with E-state index in [4.69, 9.17) is 4.98 Å². The summed E-state index contributed by atoms with van der Waals surface area (Å²) in [6, 6.07) is 0.774. The van der Waals surface area contributed by atoms with Gasteiger partial charge in [-0.15, -0.1) is 11.3 Å². The first-order chi connectivity index (χ1) is 8.54. The van der Waals surface area contributed by atoms with Crippen molar-refractivity contribution in [3.05, 3.63) is 15.6 Å². The molecular weight excluding hydrogens is 242 g/mol. The lowest BCUT2D eigenvalue weighted by Crippen LogP contribution is -2.15. The molecule has 1 aromatic heterocycles. The van der Waals surface area contributed by atoms with E-state index in [1.54, 1.807) is 0 Å². The molecule has 0 aliphatic heterocycles. The number of thiazole rings is 1. The van der Waals surface area contributed by atoms with E-state index in [2.05, 4.69) is 38.2 Å². The summed E-state index contributed by atoms with van der Waals surface area (Å²) in [6.07, 6.45) is 3.80. The largest absolute Gasteiger partial charge is 0.309 e. The summed E-state index contributed by atoms with van der Waals surface area (Å²) >= 11 is 1.88. The Hall–Kier alpha value is -0.450. The van der Waals surface area contributed by atoms with Gasteiger partial charge in [0, 0.05) is 24.0 Å². The number of hydrogen-bond acceptors (Lipinski definition) is 4. The quantitative estimate of drug-likeness (QED) is 0.823. The topological polar surface area (TPSA) is 28.2 Å². The summed E-state index contributed by atoms with van der Waals surface area (Å²) in [4.78, 5) is 8.47. The van der Waals surface area contributed by atoms with E-state index in [1.165, 1.54) is 28.4 Å². The third-order valence-corrected chi connectivity index (χ3v) is 4.09. The zero-order chi connectivity index (χ0) is 13.1. The fourth-order valence-corrected chi connectivity index (χ4v) is 3.15. The van der Waals surface area contributed by atoms with Crippen LogP contribution in [-0.4, -0.2) is 30.0 Å². The fraction of sp³-hybridized carbons (Fsp3) is 0.786. The van der Waals surface area contributed by atoms with E-state index in [0.717, 1.165) is 25.6 Å². The Kier molecular flexibility index (Phi) is 4.76. The molecule has 0 spiro atoms. The Morgan fingerprint density at radius 1 is 1.39 bits per heavy atom. The zero-order valence-electron chi connectivity index (χ0n) is 12.0. The second-order valence-electron chi connectivity index (χ2n) is 5.97. The summed E-state index contributed by atoms with van der Waals surface area (Å²) in [6.45, 7) is 6.50. The van der Waals surface area contributed by atoms with Gasteiger partial charge in [0.1, 0.15) is 5.01 Å². The maximum atomic E-state index is 4.83. The minimum atomic E-state index is 0.680. The van der Waals surface area contributed by atoms with Crippen molar-refractivity contribution < 1.29 is 0 Å². The van der Waals surface area contributed by atoms with Crippen molar-refractivity contribution in [1.29, 1.82) is 0 Å². The molecule has 3 nitrogen and oxygen atoms in total. The van der Waals surface area contributed by atoms with Crippen LogP contribution in [0.3, 0.4) is 0 Å². The van der Waals surface area contributed by atoms with Crippen LogP contribution in [0.2, 0.25) is 0 Å². The second kappa shape index (κ2) is 6.13. The highest BCUT2D eigenvalue weighted by atomic mass is 32.1. The van der Waals surface area contributed by atoms with E-state index in [-0.39, 0.29) is 0 Å². The lowest BCUT2D eigenvalue weighted by molar-refractivity contribution is 0.401. The second-order valence-corrected chi connectivity index (χ2v) is 7.14. The normalized spacial score (nSPS) is 15.9. The standard InChI is InChI=1S/C14H25N3S/c1-10(2)7-12-13(8-15-11-5-6-11)18-14(16-12)9-17(3)4/h10-11,15H,5-9H2,1-4H3. The van der Waals surface area contributed by atoms with Crippen LogP contribution >= 0.6 is 11.3 Å². The highest BCUT2D eigenvalue weighted by Crippen LogP contribution is 2.25. The van der Waals surface area contributed by atoms with Crippen LogP contribution in [0.5, 0.6) is 0 Å². The predicted molar refractivity (Wildman–Crippen MR) is 77.9 cm³/mol. The number of hydrogen-bond donors (Lipinski definition) is 1. The van der Waals surface area contributed by atoms with Gasteiger partial charge in [-0.2, -0.15) is 0 Å². The molecule has 0 aromatic carbocycles. The SMILES string of the molecule is CC(C)Cc1nc(CN(C)C)sc1CNC1CC1. The Morgan fingerprint density at radius 2 is 2.11 bits per heavy atom. The molecule has 18 heavy (non-hydrogen) atoms. The molecular formula is C14H25N3S. The minimum absolute atomic E-state index is 0.680. The average Bonchev–Trinajstić information content (AvgIpc) is 2.99. The number of nitrogens with one attached hydrogen (secondary N) is 1. The molecule has 0 saturated heterocycles. The summed E-state index contributed by atoms with van der Waals surface area (Å²) in [5.41, 5.74) is 1.32. The Morgan fingerprint density at radius 3 is 2.67 bits per heavy atom. The monoisotopic (exact) mass is 267 g/mol. The van der Waals surface area contributed by atoms with Crippen LogP contribution in [0, 0.1) is 5.92 Å². The Bertz CT molecular complexity index is 380. The fourth-order valence-electron chi connectivity index (χ4n) is 1.98. The van der Waals surface area contributed by atoms with Crippen LogP contribution in [0.15, 0.2) is 0 Å². The highest BCUT2D eigenvalue weighted by Gasteiger charge is 2.21. The molecule has 1 aliphatic carbocycles. The van der Waals surface area contributed by atoms with Crippen LogP contribution in [0.4, 0.5) is 0 Å². The van der Waals surface area contributed by atoms with E-state index >= 15 is 0 Å². The van der Waals surface area contributed by atoms with Crippen molar-refractivity contribution in [2.24, 2.45) is 5.92 Å². The molecule has 1 N–H and O–H groups in total. The van der Waals surface area contributed by atoms with Gasteiger partial charge in [0.15, 0.2) is 0 Å². The molecule has 1 heterocycles. The summed E-state index contributed by atoms with van der Waals surface area (Å²) in [5.74, 6) is 0.680.